The molecule has 5 nitrogen and oxygen atoms in total. The van der Waals surface area contributed by atoms with Gasteiger partial charge < -0.3 is 10.3 Å². The Bertz CT molecular complexity index is 511. The number of nitrogens with zero attached hydrogens (tertiary/aromatic N) is 4. The minimum atomic E-state index is 0.666. The van der Waals surface area contributed by atoms with Gasteiger partial charge in [-0.05, 0) is 37.9 Å². The number of nitriles is 1. The van der Waals surface area contributed by atoms with Crippen molar-refractivity contribution in [1.82, 2.24) is 14.9 Å². The number of nitrogens with one attached hydrogen (secondary N) is 1. The van der Waals surface area contributed by atoms with Crippen molar-refractivity contribution in [1.29, 1.82) is 5.26 Å². The number of hydrazine groups is 1. The van der Waals surface area contributed by atoms with E-state index in [1.54, 1.807) is 0 Å². The quantitative estimate of drug-likeness (QED) is 0.857. The van der Waals surface area contributed by atoms with Gasteiger partial charge in [0.15, 0.2) is 5.82 Å². The Balaban J connectivity index is 1.79. The first-order valence-electron chi connectivity index (χ1n) is 6.89. The highest BCUT2D eigenvalue weighted by Crippen LogP contribution is 2.25. The molecule has 1 N–H and O–H groups in total. The molecule has 0 amide bonds. The van der Waals surface area contributed by atoms with E-state index in [9.17, 15) is 5.26 Å². The average molecular weight is 257 g/mol. The molecular formula is C14H19N5. The van der Waals surface area contributed by atoms with Gasteiger partial charge in [0, 0.05) is 31.9 Å². The molecule has 0 unspecified atom stereocenters. The van der Waals surface area contributed by atoms with E-state index in [4.69, 9.17) is 0 Å². The fraction of sp³-hybridized carbons (Fsp3) is 0.571. The molecule has 1 saturated heterocycles. The number of anilines is 1. The molecule has 0 spiro atoms. The first-order chi connectivity index (χ1) is 9.26. The number of rotatable bonds is 2. The van der Waals surface area contributed by atoms with Gasteiger partial charge >= 0.3 is 0 Å². The van der Waals surface area contributed by atoms with E-state index in [0.29, 0.717) is 5.56 Å². The first kappa shape index (κ1) is 12.4. The summed E-state index contributed by atoms with van der Waals surface area (Å²) in [7, 11) is 2.13. The maximum atomic E-state index is 9.26. The second-order valence-corrected chi connectivity index (χ2v) is 5.36. The van der Waals surface area contributed by atoms with Gasteiger partial charge in [-0.25, -0.2) is 9.99 Å². The lowest BCUT2D eigenvalue weighted by Crippen LogP contribution is -2.47. The van der Waals surface area contributed by atoms with Gasteiger partial charge in [0.05, 0.1) is 5.56 Å². The third-order valence-corrected chi connectivity index (χ3v) is 3.94. The van der Waals surface area contributed by atoms with Crippen molar-refractivity contribution in [3.05, 3.63) is 22.9 Å². The molecule has 5 heteroatoms. The Morgan fingerprint density at radius 2 is 2.05 bits per heavy atom. The molecule has 0 saturated carbocycles. The van der Waals surface area contributed by atoms with E-state index in [2.05, 4.69) is 33.4 Å². The topological polar surface area (TPSA) is 55.2 Å². The summed E-state index contributed by atoms with van der Waals surface area (Å²) < 4.78 is 0. The summed E-state index contributed by atoms with van der Waals surface area (Å²) in [6, 6.07) is 4.27. The molecule has 100 valence electrons. The van der Waals surface area contributed by atoms with E-state index in [0.717, 1.165) is 57.0 Å². The zero-order valence-electron chi connectivity index (χ0n) is 11.3. The molecule has 0 radical (unpaired) electrons. The summed E-state index contributed by atoms with van der Waals surface area (Å²) in [5, 5.41) is 11.4. The van der Waals surface area contributed by atoms with E-state index in [1.807, 2.05) is 6.07 Å². The van der Waals surface area contributed by atoms with Crippen LogP contribution in [0.4, 0.5) is 5.82 Å². The molecule has 1 aromatic rings. The van der Waals surface area contributed by atoms with Crippen molar-refractivity contribution < 1.29 is 0 Å². The molecule has 1 aromatic heterocycles. The van der Waals surface area contributed by atoms with Crippen LogP contribution in [-0.4, -0.2) is 48.1 Å². The second kappa shape index (κ2) is 5.16. The Hall–Kier alpha value is -1.64. The Labute approximate surface area is 113 Å². The molecule has 2 aliphatic rings. The van der Waals surface area contributed by atoms with Crippen LogP contribution in [-0.2, 0) is 12.8 Å². The fourth-order valence-electron chi connectivity index (χ4n) is 2.71. The minimum absolute atomic E-state index is 0.666. The number of pyridine rings is 1. The number of piperazine rings is 1. The summed E-state index contributed by atoms with van der Waals surface area (Å²) in [6.07, 6.45) is 3.26. The summed E-state index contributed by atoms with van der Waals surface area (Å²) in [5.41, 5.74) is 6.40. The van der Waals surface area contributed by atoms with Gasteiger partial charge in [-0.15, -0.1) is 0 Å². The van der Waals surface area contributed by atoms with Crippen LogP contribution < -0.4 is 5.43 Å². The molecule has 1 aliphatic carbocycles. The van der Waals surface area contributed by atoms with Crippen LogP contribution in [0.25, 0.3) is 0 Å². The van der Waals surface area contributed by atoms with Gasteiger partial charge in [-0.2, -0.15) is 5.26 Å². The van der Waals surface area contributed by atoms with Crippen molar-refractivity contribution in [2.45, 2.75) is 19.3 Å². The lowest BCUT2D eigenvalue weighted by Gasteiger charge is -2.32. The maximum absolute atomic E-state index is 9.26. The van der Waals surface area contributed by atoms with Crippen LogP contribution in [0.1, 0.15) is 23.2 Å². The summed E-state index contributed by atoms with van der Waals surface area (Å²) in [4.78, 5) is 6.95. The zero-order valence-corrected chi connectivity index (χ0v) is 11.3. The van der Waals surface area contributed by atoms with E-state index >= 15 is 0 Å². The summed E-state index contributed by atoms with van der Waals surface area (Å²) in [6.45, 7) is 4.00. The van der Waals surface area contributed by atoms with Crippen LogP contribution in [0, 0.1) is 11.3 Å². The molecule has 0 bridgehead atoms. The summed E-state index contributed by atoms with van der Waals surface area (Å²) in [5.74, 6) is 0.729. The van der Waals surface area contributed by atoms with Gasteiger partial charge in [-0.1, -0.05) is 0 Å². The van der Waals surface area contributed by atoms with Gasteiger partial charge in [0.1, 0.15) is 6.07 Å². The monoisotopic (exact) mass is 257 g/mol. The Morgan fingerprint density at radius 1 is 1.26 bits per heavy atom. The van der Waals surface area contributed by atoms with Crippen LogP contribution in [0.15, 0.2) is 6.07 Å². The third kappa shape index (κ3) is 2.55. The van der Waals surface area contributed by atoms with Crippen molar-refractivity contribution in [2.75, 3.05) is 38.7 Å². The van der Waals surface area contributed by atoms with Crippen LogP contribution >= 0.6 is 0 Å². The first-order valence-corrected chi connectivity index (χ1v) is 6.89. The third-order valence-electron chi connectivity index (χ3n) is 3.94. The molecule has 1 aliphatic heterocycles. The lowest BCUT2D eigenvalue weighted by atomic mass is 10.1. The predicted octanol–water partition coefficient (Wildman–Crippen LogP) is 1.02. The fourth-order valence-corrected chi connectivity index (χ4v) is 2.71. The number of likely N-dealkylation sites (N-methyl/N-ethyl adjacent to an activating group) is 1. The second-order valence-electron chi connectivity index (χ2n) is 5.36. The number of aryl methyl sites for hydroxylation is 2. The zero-order chi connectivity index (χ0) is 13.2. The maximum Gasteiger partial charge on any atom is 0.158 e. The van der Waals surface area contributed by atoms with Crippen molar-refractivity contribution in [2.24, 2.45) is 0 Å². The largest absolute Gasteiger partial charge is 0.304 e. The Kier molecular flexibility index (Phi) is 3.36. The smallest absolute Gasteiger partial charge is 0.158 e. The number of aromatic nitrogens is 1. The van der Waals surface area contributed by atoms with Crippen LogP contribution in [0.2, 0.25) is 0 Å². The molecule has 2 heterocycles. The highest BCUT2D eigenvalue weighted by Gasteiger charge is 2.19. The van der Waals surface area contributed by atoms with E-state index in [-0.39, 0.29) is 0 Å². The van der Waals surface area contributed by atoms with Crippen molar-refractivity contribution >= 4 is 5.82 Å². The highest BCUT2D eigenvalue weighted by atomic mass is 15.5. The molecular weight excluding hydrogens is 238 g/mol. The predicted molar refractivity (Wildman–Crippen MR) is 73.7 cm³/mol. The highest BCUT2D eigenvalue weighted by molar-refractivity contribution is 5.54. The van der Waals surface area contributed by atoms with Crippen LogP contribution in [0.5, 0.6) is 0 Å². The normalized spacial score (nSPS) is 20.0. The SMILES string of the molecule is CN1CCN(Nc2nc3c(cc2C#N)CCC3)CC1. The summed E-state index contributed by atoms with van der Waals surface area (Å²) >= 11 is 0. The number of fused-ring (bicyclic) bond motifs is 1. The molecule has 0 aromatic carbocycles. The number of hydrogen-bond donors (Lipinski definition) is 1. The van der Waals surface area contributed by atoms with Crippen LogP contribution in [0.3, 0.4) is 0 Å². The Morgan fingerprint density at radius 3 is 2.79 bits per heavy atom. The standard InChI is InChI=1S/C14H19N5/c1-18-5-7-19(8-6-18)17-14-12(10-15)9-11-3-2-4-13(11)16-14/h9H,2-8H2,1H3,(H,16,17). The number of hydrogen-bond acceptors (Lipinski definition) is 5. The van der Waals surface area contributed by atoms with Gasteiger partial charge in [0.25, 0.3) is 0 Å². The molecule has 3 rings (SSSR count). The van der Waals surface area contributed by atoms with E-state index < -0.39 is 0 Å². The molecule has 1 fully saturated rings. The van der Waals surface area contributed by atoms with Crippen molar-refractivity contribution in [3.8, 4) is 6.07 Å². The molecule has 0 atom stereocenters. The average Bonchev–Trinajstić information content (AvgIpc) is 2.87. The van der Waals surface area contributed by atoms with Crippen molar-refractivity contribution in [3.63, 3.8) is 0 Å². The lowest BCUT2D eigenvalue weighted by molar-refractivity contribution is 0.178. The molecule has 19 heavy (non-hydrogen) atoms. The minimum Gasteiger partial charge on any atom is -0.304 e. The van der Waals surface area contributed by atoms with Gasteiger partial charge in [0.2, 0.25) is 0 Å². The van der Waals surface area contributed by atoms with E-state index in [1.165, 1.54) is 5.56 Å². The van der Waals surface area contributed by atoms with Gasteiger partial charge in [-0.3, -0.25) is 0 Å².